The summed E-state index contributed by atoms with van der Waals surface area (Å²) in [4.78, 5) is 15.6. The van der Waals surface area contributed by atoms with Gasteiger partial charge in [-0.25, -0.2) is 0 Å². The first-order chi connectivity index (χ1) is 19.7. The van der Waals surface area contributed by atoms with Crippen LogP contribution >= 0.6 is 11.6 Å². The molecule has 9 heteroatoms. The molecule has 0 aromatic heterocycles. The number of carbonyl (C=O) groups excluding carboxylic acids is 1. The van der Waals surface area contributed by atoms with Gasteiger partial charge < -0.3 is 14.4 Å². The number of hydrogen-bond acceptors (Lipinski definition) is 5. The molecule has 0 saturated heterocycles. The lowest BCUT2D eigenvalue weighted by Crippen LogP contribution is -2.42. The molecular weight excluding hydrogens is 560 g/mol. The lowest BCUT2D eigenvalue weighted by Gasteiger charge is -2.39. The van der Waals surface area contributed by atoms with Gasteiger partial charge in [0.25, 0.3) is 10.0 Å². The minimum atomic E-state index is -4.06. The van der Waals surface area contributed by atoms with E-state index in [0.29, 0.717) is 33.6 Å². The highest BCUT2D eigenvalue weighted by Gasteiger charge is 2.35. The topological polar surface area (TPSA) is 85.3 Å². The monoisotopic (exact) mass is 588 g/mol. The van der Waals surface area contributed by atoms with Gasteiger partial charge in [-0.15, -0.1) is 4.40 Å². The molecule has 1 aliphatic heterocycles. The van der Waals surface area contributed by atoms with E-state index in [9.17, 15) is 13.2 Å². The summed E-state index contributed by atoms with van der Waals surface area (Å²) in [5.41, 5.74) is 3.81. The Kier molecular flexibility index (Phi) is 8.15. The van der Waals surface area contributed by atoms with E-state index >= 15 is 0 Å². The molecule has 0 fully saturated rings. The first-order valence-electron chi connectivity index (χ1n) is 13.0. The average molecular weight is 589 g/mol. The maximum Gasteiger partial charge on any atom is 0.283 e. The molecule has 1 unspecified atom stereocenters. The number of hydrogen-bond donors (Lipinski definition) is 0. The van der Waals surface area contributed by atoms with Crippen LogP contribution in [0.3, 0.4) is 0 Å². The van der Waals surface area contributed by atoms with E-state index in [4.69, 9.17) is 21.1 Å². The SMILES string of the molecule is COc1ccc(C(=O)CC2c3cc(Cl)ccc3C/C(=N\S(=O)(=O)c3ccc(C)cc3)N2c2ccc(OC)cc2)cc1. The van der Waals surface area contributed by atoms with Crippen LogP contribution in [0, 0.1) is 6.92 Å². The number of fused-ring (bicyclic) bond motifs is 1. The van der Waals surface area contributed by atoms with Gasteiger partial charge in [0.15, 0.2) is 5.78 Å². The number of rotatable bonds is 8. The number of amidine groups is 1. The van der Waals surface area contributed by atoms with Crippen molar-refractivity contribution in [1.29, 1.82) is 0 Å². The number of sulfonamides is 1. The van der Waals surface area contributed by atoms with Crippen molar-refractivity contribution in [1.82, 2.24) is 0 Å². The summed E-state index contributed by atoms with van der Waals surface area (Å²) in [6.45, 7) is 1.89. The maximum absolute atomic E-state index is 13.7. The number of halogens is 1. The van der Waals surface area contributed by atoms with E-state index in [1.807, 2.05) is 36.1 Å². The summed E-state index contributed by atoms with van der Waals surface area (Å²) in [5.74, 6) is 1.47. The molecule has 0 spiro atoms. The van der Waals surface area contributed by atoms with Crippen LogP contribution in [-0.4, -0.2) is 34.3 Å². The molecule has 0 N–H and O–H groups in total. The van der Waals surface area contributed by atoms with Crippen molar-refractivity contribution in [2.75, 3.05) is 19.1 Å². The first kappa shape index (κ1) is 28.4. The highest BCUT2D eigenvalue weighted by molar-refractivity contribution is 7.90. The summed E-state index contributed by atoms with van der Waals surface area (Å²) in [6.07, 6.45) is 0.284. The quantitative estimate of drug-likeness (QED) is 0.210. The third-order valence-electron chi connectivity index (χ3n) is 7.09. The highest BCUT2D eigenvalue weighted by Crippen LogP contribution is 2.40. The smallest absolute Gasteiger partial charge is 0.283 e. The van der Waals surface area contributed by atoms with Crippen molar-refractivity contribution in [3.05, 3.63) is 118 Å². The van der Waals surface area contributed by atoms with Gasteiger partial charge in [0.1, 0.15) is 17.3 Å². The van der Waals surface area contributed by atoms with Crippen molar-refractivity contribution >= 4 is 38.9 Å². The van der Waals surface area contributed by atoms with Crippen molar-refractivity contribution in [3.8, 4) is 11.5 Å². The fourth-order valence-electron chi connectivity index (χ4n) is 4.93. The molecule has 1 aliphatic rings. The Labute approximate surface area is 245 Å². The van der Waals surface area contributed by atoms with E-state index in [1.165, 1.54) is 0 Å². The largest absolute Gasteiger partial charge is 0.497 e. The maximum atomic E-state index is 13.7. The predicted octanol–water partition coefficient (Wildman–Crippen LogP) is 6.83. The van der Waals surface area contributed by atoms with Crippen LogP contribution in [0.5, 0.6) is 11.5 Å². The second kappa shape index (κ2) is 11.8. The van der Waals surface area contributed by atoms with Crippen LogP contribution < -0.4 is 14.4 Å². The molecule has 1 heterocycles. The van der Waals surface area contributed by atoms with Gasteiger partial charge >= 0.3 is 0 Å². The van der Waals surface area contributed by atoms with Crippen LogP contribution in [0.2, 0.25) is 5.02 Å². The molecule has 1 atom stereocenters. The van der Waals surface area contributed by atoms with Gasteiger partial charge in [0.2, 0.25) is 0 Å². The fourth-order valence-corrected chi connectivity index (χ4v) is 6.13. The van der Waals surface area contributed by atoms with Crippen LogP contribution in [0.25, 0.3) is 0 Å². The highest BCUT2D eigenvalue weighted by atomic mass is 35.5. The van der Waals surface area contributed by atoms with Crippen molar-refractivity contribution < 1.29 is 22.7 Å². The minimum Gasteiger partial charge on any atom is -0.497 e. The van der Waals surface area contributed by atoms with Gasteiger partial charge in [-0.1, -0.05) is 35.4 Å². The second-order valence-corrected chi connectivity index (χ2v) is 11.8. The first-order valence-corrected chi connectivity index (χ1v) is 14.8. The van der Waals surface area contributed by atoms with Crippen LogP contribution in [-0.2, 0) is 16.4 Å². The number of ketones is 1. The molecular formula is C32H29ClN2O5S. The fraction of sp³-hybridized carbons (Fsp3) is 0.188. The molecule has 0 radical (unpaired) electrons. The number of aryl methyl sites for hydroxylation is 1. The molecule has 4 aromatic carbocycles. The molecule has 41 heavy (non-hydrogen) atoms. The number of nitrogens with zero attached hydrogens (tertiary/aromatic N) is 2. The summed E-state index contributed by atoms with van der Waals surface area (Å²) in [6, 6.07) is 25.6. The van der Waals surface area contributed by atoms with Crippen molar-refractivity contribution in [2.45, 2.75) is 30.7 Å². The Morgan fingerprint density at radius 1 is 0.902 bits per heavy atom. The van der Waals surface area contributed by atoms with Crippen LogP contribution in [0.15, 0.2) is 100 Å². The Morgan fingerprint density at radius 3 is 2.12 bits per heavy atom. The zero-order valence-corrected chi connectivity index (χ0v) is 24.4. The second-order valence-electron chi connectivity index (χ2n) is 9.76. The predicted molar refractivity (Wildman–Crippen MR) is 161 cm³/mol. The molecule has 0 aliphatic carbocycles. The molecule has 0 amide bonds. The van der Waals surface area contributed by atoms with Gasteiger partial charge in [-0.3, -0.25) is 4.79 Å². The van der Waals surface area contributed by atoms with E-state index < -0.39 is 16.1 Å². The Hall–Kier alpha value is -4.14. The summed E-state index contributed by atoms with van der Waals surface area (Å²) in [7, 11) is -0.914. The number of anilines is 1. The zero-order chi connectivity index (χ0) is 29.1. The molecule has 4 aromatic rings. The standard InChI is InChI=1S/C32H29ClN2O5S/c1-21-4-16-28(17-5-21)41(37,38)34-32-18-23-6-9-24(33)19-29(23)30(35(32)25-10-14-27(40-3)15-11-25)20-31(36)22-7-12-26(39-2)13-8-22/h4-17,19,30H,18,20H2,1-3H3/b34-32+. The number of carbonyl (C=O) groups is 1. The Morgan fingerprint density at radius 2 is 1.51 bits per heavy atom. The third kappa shape index (κ3) is 6.14. The molecule has 0 bridgehead atoms. The zero-order valence-electron chi connectivity index (χ0n) is 22.9. The number of ether oxygens (including phenoxy) is 2. The van der Waals surface area contributed by atoms with Gasteiger partial charge in [0.05, 0.1) is 25.2 Å². The van der Waals surface area contributed by atoms with E-state index in [1.54, 1.807) is 80.9 Å². The van der Waals surface area contributed by atoms with Crippen molar-refractivity contribution in [3.63, 3.8) is 0 Å². The van der Waals surface area contributed by atoms with Gasteiger partial charge in [-0.2, -0.15) is 8.42 Å². The third-order valence-corrected chi connectivity index (χ3v) is 8.65. The summed E-state index contributed by atoms with van der Waals surface area (Å²) < 4.78 is 42.0. The van der Waals surface area contributed by atoms with Gasteiger partial charge in [-0.05, 0) is 90.8 Å². The molecule has 0 saturated carbocycles. The van der Waals surface area contributed by atoms with Crippen molar-refractivity contribution in [2.24, 2.45) is 4.40 Å². The van der Waals surface area contributed by atoms with Crippen LogP contribution in [0.4, 0.5) is 5.69 Å². The van der Waals surface area contributed by atoms with E-state index in [-0.39, 0.29) is 23.5 Å². The summed E-state index contributed by atoms with van der Waals surface area (Å²) >= 11 is 6.44. The minimum absolute atomic E-state index is 0.0509. The number of methoxy groups -OCH3 is 2. The van der Waals surface area contributed by atoms with Crippen LogP contribution in [0.1, 0.15) is 39.5 Å². The van der Waals surface area contributed by atoms with Gasteiger partial charge in [0, 0.05) is 29.1 Å². The molecule has 210 valence electrons. The Balaban J connectivity index is 1.66. The summed E-state index contributed by atoms with van der Waals surface area (Å²) in [5, 5.41) is 0.521. The number of Topliss-reactive ketones (excluding diaryl/α,β-unsaturated/α-hetero) is 1. The normalized spacial score (nSPS) is 15.9. The van der Waals surface area contributed by atoms with E-state index in [2.05, 4.69) is 4.40 Å². The lowest BCUT2D eigenvalue weighted by atomic mass is 9.87. The average Bonchev–Trinajstić information content (AvgIpc) is 2.97. The number of benzene rings is 4. The molecule has 7 nitrogen and oxygen atoms in total. The molecule has 5 rings (SSSR count). The Bertz CT molecular complexity index is 1700. The van der Waals surface area contributed by atoms with E-state index in [0.717, 1.165) is 16.7 Å². The lowest BCUT2D eigenvalue weighted by molar-refractivity contribution is 0.0974.